The summed E-state index contributed by atoms with van der Waals surface area (Å²) in [7, 11) is 0. The summed E-state index contributed by atoms with van der Waals surface area (Å²) in [6.45, 7) is 1.89. The molecular formula is C17H16N4O2. The summed E-state index contributed by atoms with van der Waals surface area (Å²) in [5.74, 6) is -0.274. The quantitative estimate of drug-likeness (QED) is 0.767. The van der Waals surface area contributed by atoms with Gasteiger partial charge in [0.1, 0.15) is 0 Å². The Hall–Kier alpha value is -3.02. The number of nitrogens with zero attached hydrogens (tertiary/aromatic N) is 2. The van der Waals surface area contributed by atoms with Crippen molar-refractivity contribution in [3.05, 3.63) is 70.5 Å². The van der Waals surface area contributed by atoms with Crippen LogP contribution in [0.1, 0.15) is 23.0 Å². The molecule has 6 heteroatoms. The Morgan fingerprint density at radius 3 is 2.91 bits per heavy atom. The number of rotatable bonds is 4. The van der Waals surface area contributed by atoms with Gasteiger partial charge in [-0.3, -0.25) is 19.6 Å². The van der Waals surface area contributed by atoms with Gasteiger partial charge in [0.2, 0.25) is 5.56 Å². The van der Waals surface area contributed by atoms with Crippen LogP contribution in [0.5, 0.6) is 0 Å². The van der Waals surface area contributed by atoms with E-state index < -0.39 is 0 Å². The van der Waals surface area contributed by atoms with E-state index in [-0.39, 0.29) is 17.5 Å². The number of aromatic nitrogens is 3. The summed E-state index contributed by atoms with van der Waals surface area (Å²) in [5.41, 5.74) is 1.52. The number of benzene rings is 1. The van der Waals surface area contributed by atoms with E-state index in [2.05, 4.69) is 20.3 Å². The fraction of sp³-hybridized carbons (Fsp3) is 0.176. The van der Waals surface area contributed by atoms with Crippen molar-refractivity contribution in [3.63, 3.8) is 0 Å². The number of amides is 1. The Morgan fingerprint density at radius 1 is 1.30 bits per heavy atom. The smallest absolute Gasteiger partial charge is 0.252 e. The predicted octanol–water partition coefficient (Wildman–Crippen LogP) is 1.68. The van der Waals surface area contributed by atoms with Gasteiger partial charge in [-0.05, 0) is 13.0 Å². The molecule has 1 atom stereocenters. The summed E-state index contributed by atoms with van der Waals surface area (Å²) in [4.78, 5) is 35.2. The van der Waals surface area contributed by atoms with Crippen LogP contribution in [0.2, 0.25) is 0 Å². The molecule has 0 aliphatic carbocycles. The van der Waals surface area contributed by atoms with E-state index in [0.29, 0.717) is 17.5 Å². The van der Waals surface area contributed by atoms with E-state index in [1.807, 2.05) is 25.1 Å². The number of nitrogens with one attached hydrogen (secondary N) is 2. The van der Waals surface area contributed by atoms with Gasteiger partial charge >= 0.3 is 0 Å². The molecule has 2 aromatic heterocycles. The normalized spacial score (nSPS) is 12.0. The number of carbonyl (C=O) groups excluding carboxylic acids is 1. The molecule has 0 unspecified atom stereocenters. The summed E-state index contributed by atoms with van der Waals surface area (Å²) < 4.78 is 0. The summed E-state index contributed by atoms with van der Waals surface area (Å²) in [6.07, 6.45) is 5.47. The molecule has 2 heterocycles. The molecule has 0 bridgehead atoms. The zero-order valence-electron chi connectivity index (χ0n) is 12.6. The van der Waals surface area contributed by atoms with E-state index in [4.69, 9.17) is 0 Å². The first-order valence-electron chi connectivity index (χ1n) is 7.31. The van der Waals surface area contributed by atoms with Gasteiger partial charge in [0.25, 0.3) is 5.91 Å². The maximum atomic E-state index is 12.5. The van der Waals surface area contributed by atoms with E-state index >= 15 is 0 Å². The lowest BCUT2D eigenvalue weighted by Crippen LogP contribution is -2.35. The molecule has 1 amide bonds. The second kappa shape index (κ2) is 6.39. The van der Waals surface area contributed by atoms with Crippen molar-refractivity contribution in [1.82, 2.24) is 20.3 Å². The molecule has 3 aromatic rings. The average molecular weight is 308 g/mol. The highest BCUT2D eigenvalue weighted by Gasteiger charge is 2.14. The molecule has 0 spiro atoms. The number of pyridine rings is 1. The molecule has 23 heavy (non-hydrogen) atoms. The Bertz CT molecular complexity index is 890. The van der Waals surface area contributed by atoms with Crippen LogP contribution in [0.3, 0.4) is 0 Å². The highest BCUT2D eigenvalue weighted by Crippen LogP contribution is 2.14. The summed E-state index contributed by atoms with van der Waals surface area (Å²) in [5, 5.41) is 3.62. The maximum Gasteiger partial charge on any atom is 0.252 e. The summed E-state index contributed by atoms with van der Waals surface area (Å²) >= 11 is 0. The van der Waals surface area contributed by atoms with Gasteiger partial charge in [0, 0.05) is 48.0 Å². The van der Waals surface area contributed by atoms with Gasteiger partial charge < -0.3 is 10.3 Å². The fourth-order valence-electron chi connectivity index (χ4n) is 2.49. The maximum absolute atomic E-state index is 12.5. The van der Waals surface area contributed by atoms with Crippen molar-refractivity contribution in [2.75, 3.05) is 0 Å². The predicted molar refractivity (Wildman–Crippen MR) is 87.2 cm³/mol. The lowest BCUT2D eigenvalue weighted by Gasteiger charge is -2.14. The van der Waals surface area contributed by atoms with Crippen molar-refractivity contribution in [3.8, 4) is 0 Å². The molecular weight excluding hydrogens is 292 g/mol. The van der Waals surface area contributed by atoms with Crippen LogP contribution < -0.4 is 10.9 Å². The molecule has 3 rings (SSSR count). The first-order chi connectivity index (χ1) is 11.1. The standard InChI is InChI=1S/C17H16N4O2/c1-11(8-12-10-18-6-7-19-12)20-17(23)14-9-16(22)21-15-5-3-2-4-13(14)15/h2-7,9-11H,8H2,1H3,(H,20,23)(H,21,22)/t11-/m0/s1. The molecule has 0 saturated heterocycles. The van der Waals surface area contributed by atoms with E-state index in [1.165, 1.54) is 6.07 Å². The van der Waals surface area contributed by atoms with Crippen LogP contribution in [-0.4, -0.2) is 26.9 Å². The first-order valence-corrected chi connectivity index (χ1v) is 7.31. The van der Waals surface area contributed by atoms with E-state index in [9.17, 15) is 9.59 Å². The molecule has 116 valence electrons. The third-order valence-electron chi connectivity index (χ3n) is 3.50. The van der Waals surface area contributed by atoms with Gasteiger partial charge in [-0.2, -0.15) is 0 Å². The molecule has 0 saturated carbocycles. The Labute approximate surface area is 132 Å². The molecule has 0 aliphatic heterocycles. The van der Waals surface area contributed by atoms with Crippen LogP contribution in [0.4, 0.5) is 0 Å². The molecule has 0 aliphatic rings. The number of para-hydroxylation sites is 1. The molecule has 0 radical (unpaired) electrons. The number of fused-ring (bicyclic) bond motifs is 1. The Morgan fingerprint density at radius 2 is 2.13 bits per heavy atom. The minimum absolute atomic E-state index is 0.128. The Balaban J connectivity index is 1.82. The van der Waals surface area contributed by atoms with Gasteiger partial charge in [0.05, 0.1) is 11.3 Å². The fourth-order valence-corrected chi connectivity index (χ4v) is 2.49. The second-order valence-electron chi connectivity index (χ2n) is 5.37. The summed E-state index contributed by atoms with van der Waals surface area (Å²) in [6, 6.07) is 8.44. The van der Waals surface area contributed by atoms with Crippen LogP contribution in [0, 0.1) is 0 Å². The zero-order valence-corrected chi connectivity index (χ0v) is 12.6. The van der Waals surface area contributed by atoms with Crippen molar-refractivity contribution in [2.45, 2.75) is 19.4 Å². The molecule has 6 nitrogen and oxygen atoms in total. The number of carbonyl (C=O) groups is 1. The highest BCUT2D eigenvalue weighted by molar-refractivity contribution is 6.06. The van der Waals surface area contributed by atoms with Gasteiger partial charge in [0.15, 0.2) is 0 Å². The van der Waals surface area contributed by atoms with Crippen LogP contribution in [0.25, 0.3) is 10.9 Å². The lowest BCUT2D eigenvalue weighted by molar-refractivity contribution is 0.0941. The van der Waals surface area contributed by atoms with Crippen LogP contribution in [-0.2, 0) is 6.42 Å². The monoisotopic (exact) mass is 308 g/mol. The number of hydrogen-bond donors (Lipinski definition) is 2. The SMILES string of the molecule is C[C@@H](Cc1cnccn1)NC(=O)c1cc(=O)[nH]c2ccccc12. The lowest BCUT2D eigenvalue weighted by atomic mass is 10.1. The molecule has 2 N–H and O–H groups in total. The minimum Gasteiger partial charge on any atom is -0.349 e. The molecule has 0 fully saturated rings. The third kappa shape index (κ3) is 3.42. The van der Waals surface area contributed by atoms with Crippen molar-refractivity contribution >= 4 is 16.8 Å². The van der Waals surface area contributed by atoms with Crippen LogP contribution in [0.15, 0.2) is 53.7 Å². The third-order valence-corrected chi connectivity index (χ3v) is 3.50. The highest BCUT2D eigenvalue weighted by atomic mass is 16.2. The second-order valence-corrected chi connectivity index (χ2v) is 5.37. The number of hydrogen-bond acceptors (Lipinski definition) is 4. The average Bonchev–Trinajstić information content (AvgIpc) is 2.54. The Kier molecular flexibility index (Phi) is 4.14. The van der Waals surface area contributed by atoms with E-state index in [1.54, 1.807) is 24.7 Å². The van der Waals surface area contributed by atoms with E-state index in [0.717, 1.165) is 11.1 Å². The van der Waals surface area contributed by atoms with Crippen molar-refractivity contribution < 1.29 is 4.79 Å². The first kappa shape index (κ1) is 14.9. The van der Waals surface area contributed by atoms with Gasteiger partial charge in [-0.1, -0.05) is 18.2 Å². The van der Waals surface area contributed by atoms with Crippen LogP contribution >= 0.6 is 0 Å². The topological polar surface area (TPSA) is 87.7 Å². The largest absolute Gasteiger partial charge is 0.349 e. The minimum atomic E-state index is -0.296. The zero-order chi connectivity index (χ0) is 16.2. The van der Waals surface area contributed by atoms with Gasteiger partial charge in [-0.15, -0.1) is 0 Å². The van der Waals surface area contributed by atoms with Gasteiger partial charge in [-0.25, -0.2) is 0 Å². The molecule has 1 aromatic carbocycles. The van der Waals surface area contributed by atoms with Crippen molar-refractivity contribution in [1.29, 1.82) is 0 Å². The number of aromatic amines is 1. The van der Waals surface area contributed by atoms with Crippen molar-refractivity contribution in [2.24, 2.45) is 0 Å². The number of H-pyrrole nitrogens is 1.